The molecule has 2 aromatic carbocycles. The van der Waals surface area contributed by atoms with E-state index in [1.54, 1.807) is 6.92 Å². The highest BCUT2D eigenvalue weighted by Gasteiger charge is 2.33. The molecule has 1 aliphatic carbocycles. The van der Waals surface area contributed by atoms with Gasteiger partial charge in [0.15, 0.2) is 5.78 Å². The average Bonchev–Trinajstić information content (AvgIpc) is 3.45. The summed E-state index contributed by atoms with van der Waals surface area (Å²) in [7, 11) is 0. The molecular formula is C21H22FNO2. The molecule has 0 aliphatic heterocycles. The van der Waals surface area contributed by atoms with Crippen LogP contribution in [0.1, 0.15) is 64.1 Å². The van der Waals surface area contributed by atoms with Crippen molar-refractivity contribution < 1.29 is 14.0 Å². The number of hydrogen-bond acceptors (Lipinski definition) is 2. The summed E-state index contributed by atoms with van der Waals surface area (Å²) < 4.78 is 13.8. The largest absolute Gasteiger partial charge is 0.345 e. The molecule has 130 valence electrons. The Morgan fingerprint density at radius 1 is 1.16 bits per heavy atom. The number of halogens is 1. The number of nitrogens with one attached hydrogen (secondary N) is 1. The number of benzene rings is 2. The average molecular weight is 339 g/mol. The van der Waals surface area contributed by atoms with Crippen molar-refractivity contribution in [1.82, 2.24) is 5.32 Å². The molecule has 0 heterocycles. The van der Waals surface area contributed by atoms with Gasteiger partial charge in [0.25, 0.3) is 5.91 Å². The zero-order valence-corrected chi connectivity index (χ0v) is 14.5. The molecule has 4 heteroatoms. The van der Waals surface area contributed by atoms with Gasteiger partial charge in [0, 0.05) is 12.0 Å². The van der Waals surface area contributed by atoms with E-state index in [1.165, 1.54) is 23.8 Å². The van der Waals surface area contributed by atoms with Crippen molar-refractivity contribution in [2.24, 2.45) is 5.92 Å². The number of carbonyl (C=O) groups is 2. The number of aryl methyl sites for hydroxylation is 1. The lowest BCUT2D eigenvalue weighted by molar-refractivity contribution is 0.0931. The van der Waals surface area contributed by atoms with Crippen LogP contribution in [-0.4, -0.2) is 11.7 Å². The first-order valence-corrected chi connectivity index (χ1v) is 8.69. The molecule has 0 bridgehead atoms. The van der Waals surface area contributed by atoms with Gasteiger partial charge in [0.05, 0.1) is 11.6 Å². The standard InChI is InChI=1S/C21H22FNO2/c1-3-19(24)17-12-16(10-11-18(17)22)21(25)23-20(15-8-9-15)14-6-4-13(2)5-7-14/h4-7,10-12,15,20H,3,8-9H2,1-2H3,(H,23,25)/t20-/m0/s1. The van der Waals surface area contributed by atoms with Crippen molar-refractivity contribution in [2.45, 2.75) is 39.2 Å². The number of hydrogen-bond donors (Lipinski definition) is 1. The van der Waals surface area contributed by atoms with Gasteiger partial charge < -0.3 is 5.32 Å². The first-order chi connectivity index (χ1) is 12.0. The van der Waals surface area contributed by atoms with Gasteiger partial charge in [-0.15, -0.1) is 0 Å². The lowest BCUT2D eigenvalue weighted by Gasteiger charge is -2.19. The molecule has 25 heavy (non-hydrogen) atoms. The van der Waals surface area contributed by atoms with Crippen LogP contribution in [0.4, 0.5) is 4.39 Å². The molecule has 3 nitrogen and oxygen atoms in total. The second-order valence-electron chi connectivity index (χ2n) is 6.67. The van der Waals surface area contributed by atoms with Crippen LogP contribution < -0.4 is 5.32 Å². The maximum atomic E-state index is 13.8. The topological polar surface area (TPSA) is 46.2 Å². The highest BCUT2D eigenvalue weighted by atomic mass is 19.1. The van der Waals surface area contributed by atoms with E-state index in [0.29, 0.717) is 11.5 Å². The Hall–Kier alpha value is -2.49. The maximum absolute atomic E-state index is 13.8. The van der Waals surface area contributed by atoms with Gasteiger partial charge in [-0.25, -0.2) is 4.39 Å². The normalized spacial score (nSPS) is 14.8. The molecule has 1 aliphatic rings. The fourth-order valence-electron chi connectivity index (χ4n) is 2.97. The summed E-state index contributed by atoms with van der Waals surface area (Å²) in [5.74, 6) is -0.725. The Labute approximate surface area is 147 Å². The van der Waals surface area contributed by atoms with Gasteiger partial charge in [-0.3, -0.25) is 9.59 Å². The van der Waals surface area contributed by atoms with E-state index in [-0.39, 0.29) is 29.7 Å². The van der Waals surface area contributed by atoms with Crippen LogP contribution in [0.5, 0.6) is 0 Å². The summed E-state index contributed by atoms with van der Waals surface area (Å²) in [5.41, 5.74) is 2.55. The number of rotatable bonds is 6. The number of carbonyl (C=O) groups excluding carboxylic acids is 2. The molecule has 2 aromatic rings. The van der Waals surface area contributed by atoms with E-state index < -0.39 is 5.82 Å². The van der Waals surface area contributed by atoms with Crippen molar-refractivity contribution >= 4 is 11.7 Å². The van der Waals surface area contributed by atoms with Crippen molar-refractivity contribution in [1.29, 1.82) is 0 Å². The molecule has 3 rings (SSSR count). The molecule has 0 saturated heterocycles. The van der Waals surface area contributed by atoms with Gasteiger partial charge in [-0.2, -0.15) is 0 Å². The summed E-state index contributed by atoms with van der Waals surface area (Å²) in [6.07, 6.45) is 2.37. The van der Waals surface area contributed by atoms with Gasteiger partial charge in [-0.05, 0) is 49.4 Å². The third-order valence-corrected chi connectivity index (χ3v) is 4.67. The Morgan fingerprint density at radius 3 is 2.44 bits per heavy atom. The number of ketones is 1. The lowest BCUT2D eigenvalue weighted by Crippen LogP contribution is -2.30. The van der Waals surface area contributed by atoms with Gasteiger partial charge in [0.2, 0.25) is 0 Å². The van der Waals surface area contributed by atoms with Crippen LogP contribution >= 0.6 is 0 Å². The van der Waals surface area contributed by atoms with Crippen molar-refractivity contribution in [3.63, 3.8) is 0 Å². The maximum Gasteiger partial charge on any atom is 0.251 e. The minimum atomic E-state index is -0.583. The van der Waals surface area contributed by atoms with E-state index in [4.69, 9.17) is 0 Å². The third-order valence-electron chi connectivity index (χ3n) is 4.67. The molecule has 1 fully saturated rings. The summed E-state index contributed by atoms with van der Waals surface area (Å²) >= 11 is 0. The SMILES string of the molecule is CCC(=O)c1cc(C(=O)N[C@@H](c2ccc(C)cc2)C2CC2)ccc1F. The Balaban J connectivity index is 1.82. The van der Waals surface area contributed by atoms with E-state index in [0.717, 1.165) is 18.4 Å². The van der Waals surface area contributed by atoms with Crippen molar-refractivity contribution in [3.8, 4) is 0 Å². The minimum Gasteiger partial charge on any atom is -0.345 e. The first-order valence-electron chi connectivity index (χ1n) is 8.69. The zero-order valence-electron chi connectivity index (χ0n) is 14.5. The van der Waals surface area contributed by atoms with Gasteiger partial charge in [0.1, 0.15) is 5.82 Å². The molecule has 0 aromatic heterocycles. The second kappa shape index (κ2) is 7.18. The predicted octanol–water partition coefficient (Wildman–Crippen LogP) is 4.61. The third kappa shape index (κ3) is 3.95. The number of amides is 1. The predicted molar refractivity (Wildman–Crippen MR) is 95.1 cm³/mol. The van der Waals surface area contributed by atoms with Crippen LogP contribution in [0.25, 0.3) is 0 Å². The summed E-state index contributed by atoms with van der Waals surface area (Å²) in [5, 5.41) is 3.06. The zero-order chi connectivity index (χ0) is 18.0. The van der Waals surface area contributed by atoms with E-state index in [9.17, 15) is 14.0 Å². The molecule has 1 amide bonds. The molecule has 1 N–H and O–H groups in total. The molecule has 0 radical (unpaired) electrons. The van der Waals surface area contributed by atoms with Crippen LogP contribution in [0.3, 0.4) is 0 Å². The quantitative estimate of drug-likeness (QED) is 0.781. The molecule has 1 atom stereocenters. The molecule has 0 unspecified atom stereocenters. The van der Waals surface area contributed by atoms with Gasteiger partial charge >= 0.3 is 0 Å². The van der Waals surface area contributed by atoms with Crippen LogP contribution in [-0.2, 0) is 0 Å². The molecule has 1 saturated carbocycles. The van der Waals surface area contributed by atoms with E-state index >= 15 is 0 Å². The summed E-state index contributed by atoms with van der Waals surface area (Å²) in [4.78, 5) is 24.5. The Kier molecular flexibility index (Phi) is 4.98. The highest BCUT2D eigenvalue weighted by Crippen LogP contribution is 2.41. The van der Waals surface area contributed by atoms with E-state index in [2.05, 4.69) is 5.32 Å². The fraction of sp³-hybridized carbons (Fsp3) is 0.333. The van der Waals surface area contributed by atoms with Gasteiger partial charge in [-0.1, -0.05) is 36.8 Å². The summed E-state index contributed by atoms with van der Waals surface area (Å²) in [6.45, 7) is 3.70. The fourth-order valence-corrected chi connectivity index (χ4v) is 2.97. The number of Topliss-reactive ketones (excluding diaryl/α,β-unsaturated/α-hetero) is 1. The lowest BCUT2D eigenvalue weighted by atomic mass is 10.00. The minimum absolute atomic E-state index is 0.0199. The Bertz CT molecular complexity index is 794. The molecular weight excluding hydrogens is 317 g/mol. The van der Waals surface area contributed by atoms with E-state index in [1.807, 2.05) is 31.2 Å². The Morgan fingerprint density at radius 2 is 1.84 bits per heavy atom. The monoisotopic (exact) mass is 339 g/mol. The van der Waals surface area contributed by atoms with Crippen molar-refractivity contribution in [2.75, 3.05) is 0 Å². The van der Waals surface area contributed by atoms with Crippen LogP contribution in [0.2, 0.25) is 0 Å². The molecule has 0 spiro atoms. The first kappa shape index (κ1) is 17.3. The summed E-state index contributed by atoms with van der Waals surface area (Å²) in [6, 6.07) is 12.1. The highest BCUT2D eigenvalue weighted by molar-refractivity contribution is 6.00. The van der Waals surface area contributed by atoms with Crippen LogP contribution in [0, 0.1) is 18.7 Å². The van der Waals surface area contributed by atoms with Crippen molar-refractivity contribution in [3.05, 3.63) is 70.5 Å². The smallest absolute Gasteiger partial charge is 0.251 e. The van der Waals surface area contributed by atoms with Crippen LogP contribution in [0.15, 0.2) is 42.5 Å². The second-order valence-corrected chi connectivity index (χ2v) is 6.67.